The molecule has 13 heavy (non-hydrogen) atoms. The smallest absolute Gasteiger partial charge is 0.184 e. The molecule has 0 unspecified atom stereocenters. The van der Waals surface area contributed by atoms with Gasteiger partial charge in [0.2, 0.25) is 0 Å². The highest BCUT2D eigenvalue weighted by atomic mass is 32.1. The molecule has 0 aromatic rings. The average Bonchev–Trinajstić information content (AvgIpc) is 2.09. The number of hydrogen-bond donors (Lipinski definition) is 2. The molecular formula is C9H19N3S. The van der Waals surface area contributed by atoms with Gasteiger partial charge in [0.05, 0.1) is 0 Å². The number of nitrogens with one attached hydrogen (secondary N) is 1. The van der Waals surface area contributed by atoms with Crippen molar-refractivity contribution in [3.63, 3.8) is 0 Å². The number of rotatable bonds is 7. The fraction of sp³-hybridized carbons (Fsp3) is 0.778. The fourth-order valence-electron chi connectivity index (χ4n) is 1.01. The first-order valence-electron chi connectivity index (χ1n) is 4.84. The van der Waals surface area contributed by atoms with Gasteiger partial charge in [-0.2, -0.15) is 5.10 Å². The van der Waals surface area contributed by atoms with E-state index in [4.69, 9.17) is 5.73 Å². The summed E-state index contributed by atoms with van der Waals surface area (Å²) in [4.78, 5) is 0. The number of hydrazone groups is 1. The number of hydrogen-bond acceptors (Lipinski definition) is 2. The summed E-state index contributed by atoms with van der Waals surface area (Å²) in [6.07, 6.45) is 9.26. The molecule has 0 saturated carbocycles. The van der Waals surface area contributed by atoms with E-state index in [1.165, 1.54) is 32.1 Å². The minimum atomic E-state index is 0.224. The summed E-state index contributed by atoms with van der Waals surface area (Å²) >= 11 is 4.58. The summed E-state index contributed by atoms with van der Waals surface area (Å²) < 4.78 is 0. The lowest BCUT2D eigenvalue weighted by Crippen LogP contribution is -2.23. The van der Waals surface area contributed by atoms with Gasteiger partial charge in [-0.3, -0.25) is 5.43 Å². The molecule has 4 heteroatoms. The number of unbranched alkanes of at least 4 members (excludes halogenated alkanes) is 5. The van der Waals surface area contributed by atoms with Crippen LogP contribution in [0.15, 0.2) is 5.10 Å². The minimum absolute atomic E-state index is 0.224. The lowest BCUT2D eigenvalue weighted by Gasteiger charge is -1.96. The molecule has 0 radical (unpaired) electrons. The Morgan fingerprint density at radius 3 is 2.69 bits per heavy atom. The molecule has 0 aliphatic rings. The van der Waals surface area contributed by atoms with E-state index in [1.54, 1.807) is 0 Å². The summed E-state index contributed by atoms with van der Waals surface area (Å²) in [5, 5.41) is 4.07. The van der Waals surface area contributed by atoms with Crippen molar-refractivity contribution < 1.29 is 0 Å². The summed E-state index contributed by atoms with van der Waals surface area (Å²) in [5.41, 5.74) is 7.71. The SMILES string of the molecule is CCCCCCCC=NNC(N)=S. The van der Waals surface area contributed by atoms with Gasteiger partial charge >= 0.3 is 0 Å². The van der Waals surface area contributed by atoms with Crippen molar-refractivity contribution in [2.75, 3.05) is 0 Å². The van der Waals surface area contributed by atoms with Gasteiger partial charge in [-0.15, -0.1) is 0 Å². The van der Waals surface area contributed by atoms with Gasteiger partial charge in [0.1, 0.15) is 0 Å². The monoisotopic (exact) mass is 201 g/mol. The fourth-order valence-corrected chi connectivity index (χ4v) is 1.07. The molecule has 0 saturated heterocycles. The zero-order chi connectivity index (χ0) is 9.94. The van der Waals surface area contributed by atoms with E-state index in [-0.39, 0.29) is 5.11 Å². The van der Waals surface area contributed by atoms with Crippen LogP contribution in [0.1, 0.15) is 45.4 Å². The van der Waals surface area contributed by atoms with Gasteiger partial charge in [0.15, 0.2) is 5.11 Å². The average molecular weight is 201 g/mol. The third-order valence-electron chi connectivity index (χ3n) is 1.70. The molecule has 3 nitrogen and oxygen atoms in total. The van der Waals surface area contributed by atoms with E-state index in [0.29, 0.717) is 0 Å². The standard InChI is InChI=1S/C9H19N3S/c1-2-3-4-5-6-7-8-11-12-9(10)13/h8H,2-7H2,1H3,(H3,10,12,13). The summed E-state index contributed by atoms with van der Waals surface area (Å²) in [7, 11) is 0. The Bertz CT molecular complexity index is 157. The molecule has 0 rings (SSSR count). The predicted octanol–water partition coefficient (Wildman–Crippen LogP) is 2.17. The Balaban J connectivity index is 3.06. The van der Waals surface area contributed by atoms with Gasteiger partial charge in [-0.05, 0) is 25.1 Å². The zero-order valence-electron chi connectivity index (χ0n) is 8.25. The van der Waals surface area contributed by atoms with Gasteiger partial charge < -0.3 is 5.73 Å². The highest BCUT2D eigenvalue weighted by molar-refractivity contribution is 7.80. The first-order chi connectivity index (χ1) is 6.27. The van der Waals surface area contributed by atoms with E-state index < -0.39 is 0 Å². The molecule has 0 bridgehead atoms. The van der Waals surface area contributed by atoms with E-state index >= 15 is 0 Å². The van der Waals surface area contributed by atoms with Crippen LogP contribution in [0, 0.1) is 0 Å². The van der Waals surface area contributed by atoms with Crippen molar-refractivity contribution in [1.82, 2.24) is 5.43 Å². The highest BCUT2D eigenvalue weighted by Crippen LogP contribution is 2.03. The maximum Gasteiger partial charge on any atom is 0.184 e. The third kappa shape index (κ3) is 11.4. The van der Waals surface area contributed by atoms with E-state index in [1.807, 2.05) is 6.21 Å². The topological polar surface area (TPSA) is 50.4 Å². The van der Waals surface area contributed by atoms with E-state index in [2.05, 4.69) is 29.7 Å². The lowest BCUT2D eigenvalue weighted by molar-refractivity contribution is 0.644. The molecule has 0 spiro atoms. The van der Waals surface area contributed by atoms with Gasteiger partial charge in [-0.25, -0.2) is 0 Å². The van der Waals surface area contributed by atoms with Crippen molar-refractivity contribution in [3.8, 4) is 0 Å². The van der Waals surface area contributed by atoms with Gasteiger partial charge in [0, 0.05) is 6.21 Å². The molecule has 0 aromatic heterocycles. The van der Waals surface area contributed by atoms with Crippen molar-refractivity contribution in [1.29, 1.82) is 0 Å². The molecule has 0 aliphatic carbocycles. The molecule has 0 aromatic carbocycles. The third-order valence-corrected chi connectivity index (χ3v) is 1.79. The van der Waals surface area contributed by atoms with Crippen LogP contribution < -0.4 is 11.2 Å². The Morgan fingerprint density at radius 2 is 2.08 bits per heavy atom. The second-order valence-electron chi connectivity index (χ2n) is 2.99. The highest BCUT2D eigenvalue weighted by Gasteiger charge is 1.86. The Kier molecular flexibility index (Phi) is 8.98. The quantitative estimate of drug-likeness (QED) is 0.287. The molecule has 0 atom stereocenters. The number of thiocarbonyl (C=S) groups is 1. The molecular weight excluding hydrogens is 182 g/mol. The second-order valence-corrected chi connectivity index (χ2v) is 3.43. The largest absolute Gasteiger partial charge is 0.375 e. The van der Waals surface area contributed by atoms with E-state index in [9.17, 15) is 0 Å². The van der Waals surface area contributed by atoms with Gasteiger partial charge in [-0.1, -0.05) is 32.6 Å². The normalized spacial score (nSPS) is 10.5. The molecule has 0 amide bonds. The molecule has 0 fully saturated rings. The van der Waals surface area contributed by atoms with Crippen LogP contribution in [0.4, 0.5) is 0 Å². The summed E-state index contributed by atoms with van der Waals surface area (Å²) in [5.74, 6) is 0. The Hall–Kier alpha value is -0.640. The number of nitrogens with two attached hydrogens (primary N) is 1. The van der Waals surface area contributed by atoms with Crippen molar-refractivity contribution in [3.05, 3.63) is 0 Å². The van der Waals surface area contributed by atoms with Gasteiger partial charge in [0.25, 0.3) is 0 Å². The van der Waals surface area contributed by atoms with Crippen LogP contribution >= 0.6 is 12.2 Å². The zero-order valence-corrected chi connectivity index (χ0v) is 9.07. The van der Waals surface area contributed by atoms with E-state index in [0.717, 1.165) is 6.42 Å². The van der Waals surface area contributed by atoms with Crippen LogP contribution in [-0.2, 0) is 0 Å². The minimum Gasteiger partial charge on any atom is -0.375 e. The van der Waals surface area contributed by atoms with Crippen LogP contribution in [0.25, 0.3) is 0 Å². The lowest BCUT2D eigenvalue weighted by atomic mass is 10.1. The number of nitrogens with zero attached hydrogens (tertiary/aromatic N) is 1. The molecule has 0 aliphatic heterocycles. The maximum absolute atomic E-state index is 5.18. The van der Waals surface area contributed by atoms with Crippen LogP contribution in [0.3, 0.4) is 0 Å². The molecule has 3 N–H and O–H groups in total. The van der Waals surface area contributed by atoms with Crippen LogP contribution in [0.5, 0.6) is 0 Å². The first kappa shape index (κ1) is 12.4. The van der Waals surface area contributed by atoms with Crippen LogP contribution in [0.2, 0.25) is 0 Å². The summed E-state index contributed by atoms with van der Waals surface area (Å²) in [6.45, 7) is 2.22. The summed E-state index contributed by atoms with van der Waals surface area (Å²) in [6, 6.07) is 0. The maximum atomic E-state index is 5.18. The molecule has 0 heterocycles. The molecule has 76 valence electrons. The second kappa shape index (κ2) is 9.45. The first-order valence-corrected chi connectivity index (χ1v) is 5.25. The van der Waals surface area contributed by atoms with Crippen LogP contribution in [-0.4, -0.2) is 11.3 Å². The van der Waals surface area contributed by atoms with Crippen molar-refractivity contribution in [2.45, 2.75) is 45.4 Å². The van der Waals surface area contributed by atoms with Crippen molar-refractivity contribution >= 4 is 23.5 Å². The van der Waals surface area contributed by atoms with Crippen molar-refractivity contribution in [2.24, 2.45) is 10.8 Å². The predicted molar refractivity (Wildman–Crippen MR) is 61.8 cm³/mol. The Morgan fingerprint density at radius 1 is 1.38 bits per heavy atom. The Labute approximate surface area is 85.8 Å².